The van der Waals surface area contributed by atoms with Crippen LogP contribution in [-0.2, 0) is 30.9 Å². The molecule has 0 aliphatic rings. The third-order valence-corrected chi connectivity index (χ3v) is 14.1. The summed E-state index contributed by atoms with van der Waals surface area (Å²) in [6.45, 7) is 23.1. The standard InChI is InChI=1S/C39H38NS.C14H16NSi.Ir/c1-25(26-12-9-8-10-13-26)27-18-19-40-35(22-27)34-15-11-14-33-32-17-16-28(23-36(32)41-37(33)34)29-20-30(38(2,3)4)24-31(21-29)39(5,6)7;1-16(2,3)13-9-10-14(15-11-13)12-7-5-4-6-8-12;/h8-14,16-25H,1-7H3;4-7,9-11H,1-3H3;/q2*-1;. The van der Waals surface area contributed by atoms with Crippen LogP contribution in [0, 0.1) is 12.1 Å². The fraction of sp³-hybridized carbons (Fsp3) is 0.245. The topological polar surface area (TPSA) is 25.8 Å². The zero-order valence-electron chi connectivity index (χ0n) is 35.5. The van der Waals surface area contributed by atoms with Gasteiger partial charge in [-0.25, -0.2) is 0 Å². The summed E-state index contributed by atoms with van der Waals surface area (Å²) in [5, 5.41) is 3.96. The largest absolute Gasteiger partial charge is 0.305 e. The molecule has 1 atom stereocenters. The number of nitrogens with zero attached hydrogens (tertiary/aromatic N) is 2. The molecule has 0 saturated heterocycles. The number of hydrogen-bond acceptors (Lipinski definition) is 3. The van der Waals surface area contributed by atoms with Crippen molar-refractivity contribution in [3.8, 4) is 33.6 Å². The van der Waals surface area contributed by atoms with Crippen LogP contribution in [0.3, 0.4) is 0 Å². The first-order valence-electron chi connectivity index (χ1n) is 20.0. The quantitative estimate of drug-likeness (QED) is 0.123. The summed E-state index contributed by atoms with van der Waals surface area (Å²) in [6, 6.07) is 52.4. The number of hydrogen-bond donors (Lipinski definition) is 0. The molecule has 1 radical (unpaired) electrons. The summed E-state index contributed by atoms with van der Waals surface area (Å²) in [6.07, 6.45) is 3.96. The van der Waals surface area contributed by atoms with E-state index in [0.717, 1.165) is 22.5 Å². The third kappa shape index (κ3) is 9.67. The molecule has 5 heteroatoms. The Morgan fingerprint density at radius 2 is 1.31 bits per heavy atom. The number of rotatable bonds is 6. The maximum absolute atomic E-state index is 4.81. The summed E-state index contributed by atoms with van der Waals surface area (Å²) in [7, 11) is -1.23. The molecule has 0 saturated carbocycles. The Balaban J connectivity index is 0.000000280. The Morgan fingerprint density at radius 1 is 0.603 bits per heavy atom. The molecule has 0 N–H and O–H groups in total. The second-order valence-corrected chi connectivity index (χ2v) is 24.4. The Morgan fingerprint density at radius 3 is 1.93 bits per heavy atom. The molecular formula is C53H54IrN2SSi-2. The van der Waals surface area contributed by atoms with E-state index in [4.69, 9.17) is 4.98 Å². The van der Waals surface area contributed by atoms with Gasteiger partial charge in [0.05, 0.1) is 8.07 Å². The monoisotopic (exact) mass is 971 g/mol. The van der Waals surface area contributed by atoms with Gasteiger partial charge in [-0.3, -0.25) is 0 Å². The molecule has 8 rings (SSSR count). The minimum absolute atomic E-state index is 0. The van der Waals surface area contributed by atoms with Crippen molar-refractivity contribution >= 4 is 44.8 Å². The Hall–Kier alpha value is -4.51. The molecule has 0 bridgehead atoms. The van der Waals surface area contributed by atoms with Crippen LogP contribution in [0.5, 0.6) is 0 Å². The molecule has 0 fully saturated rings. The normalized spacial score (nSPS) is 12.4. The fourth-order valence-electron chi connectivity index (χ4n) is 7.11. The van der Waals surface area contributed by atoms with E-state index in [1.165, 1.54) is 58.7 Å². The Kier molecular flexibility index (Phi) is 12.9. The van der Waals surface area contributed by atoms with Gasteiger partial charge in [-0.05, 0) is 83.0 Å². The van der Waals surface area contributed by atoms with Crippen molar-refractivity contribution in [2.45, 2.75) is 84.9 Å². The minimum atomic E-state index is -1.23. The van der Waals surface area contributed by atoms with Crippen LogP contribution in [0.1, 0.15) is 76.6 Å². The van der Waals surface area contributed by atoms with E-state index in [1.54, 1.807) is 0 Å². The van der Waals surface area contributed by atoms with Gasteiger partial charge in [-0.1, -0.05) is 152 Å². The predicted molar refractivity (Wildman–Crippen MR) is 250 cm³/mol. The molecule has 2 nitrogen and oxygen atoms in total. The number of benzene rings is 5. The number of fused-ring (bicyclic) bond motifs is 3. The van der Waals surface area contributed by atoms with Crippen LogP contribution in [0.2, 0.25) is 19.6 Å². The Bertz CT molecular complexity index is 2600. The van der Waals surface area contributed by atoms with E-state index in [9.17, 15) is 0 Å². The molecule has 8 aromatic rings. The first-order chi connectivity index (χ1) is 27.1. The molecular weight excluding hydrogens is 917 g/mol. The zero-order chi connectivity index (χ0) is 40.5. The molecule has 0 amide bonds. The molecule has 1 unspecified atom stereocenters. The minimum Gasteiger partial charge on any atom is -0.305 e. The van der Waals surface area contributed by atoms with Gasteiger partial charge in [0, 0.05) is 43.1 Å². The second kappa shape index (κ2) is 17.4. The summed E-state index contributed by atoms with van der Waals surface area (Å²) < 4.78 is 2.54. The van der Waals surface area contributed by atoms with Crippen LogP contribution in [0.25, 0.3) is 53.8 Å². The fourth-order valence-corrected chi connectivity index (χ4v) is 9.39. The summed E-state index contributed by atoms with van der Waals surface area (Å²) in [4.78, 5) is 9.33. The maximum atomic E-state index is 4.81. The molecule has 5 aromatic carbocycles. The second-order valence-electron chi connectivity index (χ2n) is 18.3. The van der Waals surface area contributed by atoms with Crippen molar-refractivity contribution in [2.24, 2.45) is 0 Å². The molecule has 0 aliphatic carbocycles. The van der Waals surface area contributed by atoms with Gasteiger partial charge >= 0.3 is 0 Å². The van der Waals surface area contributed by atoms with E-state index in [-0.39, 0.29) is 30.9 Å². The summed E-state index contributed by atoms with van der Waals surface area (Å²) in [5.74, 6) is 0.295. The SMILES string of the molecule is CC(c1ccccc1)c1ccnc(-c2[c-]ccc3c2sc2cc(-c4cc(C(C)(C)C)cc(C(C)(C)C)c4)ccc23)c1.C[Si](C)(C)c1ccc(-c2[c-]cccc2)nc1.[Ir]. The maximum Gasteiger partial charge on any atom is 0.0795 e. The van der Waals surface area contributed by atoms with Gasteiger partial charge in [0.2, 0.25) is 0 Å². The van der Waals surface area contributed by atoms with Crippen molar-refractivity contribution in [1.82, 2.24) is 9.97 Å². The number of thiophene rings is 1. The molecule has 3 aromatic heterocycles. The van der Waals surface area contributed by atoms with Crippen molar-refractivity contribution < 1.29 is 20.1 Å². The van der Waals surface area contributed by atoms with E-state index in [1.807, 2.05) is 48.0 Å². The van der Waals surface area contributed by atoms with E-state index < -0.39 is 8.07 Å². The van der Waals surface area contributed by atoms with E-state index in [0.29, 0.717) is 5.92 Å². The number of pyridine rings is 2. The van der Waals surface area contributed by atoms with Crippen LogP contribution in [0.4, 0.5) is 0 Å². The van der Waals surface area contributed by atoms with Gasteiger partial charge in [-0.2, -0.15) is 11.3 Å². The zero-order valence-corrected chi connectivity index (χ0v) is 39.7. The first-order valence-corrected chi connectivity index (χ1v) is 24.4. The average Bonchev–Trinajstić information content (AvgIpc) is 3.59. The average molecular weight is 971 g/mol. The van der Waals surface area contributed by atoms with Gasteiger partial charge in [0.1, 0.15) is 0 Å². The van der Waals surface area contributed by atoms with E-state index in [2.05, 4.69) is 188 Å². The van der Waals surface area contributed by atoms with Gasteiger partial charge < -0.3 is 9.97 Å². The van der Waals surface area contributed by atoms with Crippen LogP contribution < -0.4 is 5.19 Å². The van der Waals surface area contributed by atoms with Crippen LogP contribution in [0.15, 0.2) is 140 Å². The molecule has 0 spiro atoms. The summed E-state index contributed by atoms with van der Waals surface area (Å²) in [5.41, 5.74) is 12.2. The van der Waals surface area contributed by atoms with Crippen LogP contribution >= 0.6 is 11.3 Å². The first kappa shape index (κ1) is 43.1. The molecule has 297 valence electrons. The van der Waals surface area contributed by atoms with Crippen molar-refractivity contribution in [2.75, 3.05) is 0 Å². The van der Waals surface area contributed by atoms with E-state index >= 15 is 0 Å². The third-order valence-electron chi connectivity index (χ3n) is 10.9. The molecule has 3 heterocycles. The Labute approximate surface area is 365 Å². The van der Waals surface area contributed by atoms with Gasteiger partial charge in [-0.15, -0.1) is 59.7 Å². The molecule has 58 heavy (non-hydrogen) atoms. The predicted octanol–water partition coefficient (Wildman–Crippen LogP) is 14.4. The van der Waals surface area contributed by atoms with Crippen molar-refractivity contribution in [3.05, 3.63) is 174 Å². The van der Waals surface area contributed by atoms with Crippen LogP contribution in [-0.4, -0.2) is 18.0 Å². The molecule has 0 aliphatic heterocycles. The smallest absolute Gasteiger partial charge is 0.0795 e. The summed E-state index contributed by atoms with van der Waals surface area (Å²) >= 11 is 1.85. The van der Waals surface area contributed by atoms with Crippen molar-refractivity contribution in [3.63, 3.8) is 0 Å². The van der Waals surface area contributed by atoms with Gasteiger partial charge in [0.25, 0.3) is 0 Å². The van der Waals surface area contributed by atoms with Gasteiger partial charge in [0.15, 0.2) is 0 Å². The van der Waals surface area contributed by atoms with Crippen molar-refractivity contribution in [1.29, 1.82) is 0 Å². The number of aromatic nitrogens is 2.